The van der Waals surface area contributed by atoms with Crippen LogP contribution in [0.25, 0.3) is 72.8 Å². The van der Waals surface area contributed by atoms with Crippen LogP contribution in [0.2, 0.25) is 0 Å². The molecule has 2 aromatic heterocycles. The van der Waals surface area contributed by atoms with Crippen molar-refractivity contribution in [2.24, 2.45) is 0 Å². The minimum absolute atomic E-state index is 0.0861. The van der Waals surface area contributed by atoms with Crippen molar-refractivity contribution in [3.63, 3.8) is 0 Å². The molecule has 0 saturated heterocycles. The fourth-order valence-corrected chi connectivity index (χ4v) is 8.40. The van der Waals surface area contributed by atoms with Crippen LogP contribution in [0.15, 0.2) is 133 Å². The predicted molar refractivity (Wildman–Crippen MR) is 200 cm³/mol. The second-order valence-corrected chi connectivity index (χ2v) is 14.5. The van der Waals surface area contributed by atoms with Crippen LogP contribution in [-0.4, -0.2) is 19.5 Å². The molecule has 2 aliphatic heterocycles. The summed E-state index contributed by atoms with van der Waals surface area (Å²) in [4.78, 5) is 14.8. The number of benzene rings is 6. The van der Waals surface area contributed by atoms with Crippen LogP contribution in [0, 0.1) is 0 Å². The van der Waals surface area contributed by atoms with Crippen molar-refractivity contribution in [2.45, 2.75) is 38.5 Å². The number of aromatic nitrogens is 4. The van der Waals surface area contributed by atoms with Gasteiger partial charge in [-0.2, -0.15) is 0 Å². The van der Waals surface area contributed by atoms with E-state index >= 15 is 0 Å². The molecule has 0 N–H and O–H groups in total. The van der Waals surface area contributed by atoms with Gasteiger partial charge in [-0.25, -0.2) is 15.0 Å². The van der Waals surface area contributed by atoms with E-state index in [1.807, 2.05) is 60.7 Å². The lowest BCUT2D eigenvalue weighted by molar-refractivity contribution is 0.594. The van der Waals surface area contributed by atoms with E-state index in [2.05, 4.69) is 105 Å². The normalized spacial score (nSPS) is 14.9. The Morgan fingerprint density at radius 3 is 1.45 bits per heavy atom. The zero-order chi connectivity index (χ0) is 33.1. The van der Waals surface area contributed by atoms with Gasteiger partial charge in [0.2, 0.25) is 0 Å². The minimum atomic E-state index is -0.163. The second kappa shape index (κ2) is 9.83. The molecule has 4 nitrogen and oxygen atoms in total. The van der Waals surface area contributed by atoms with Gasteiger partial charge in [-0.1, -0.05) is 149 Å². The molecular formula is C45H34N4. The lowest BCUT2D eigenvalue weighted by atomic mass is 9.68. The maximum Gasteiger partial charge on any atom is 0.164 e. The van der Waals surface area contributed by atoms with E-state index in [0.29, 0.717) is 17.5 Å². The summed E-state index contributed by atoms with van der Waals surface area (Å²) in [5, 5.41) is 2.64. The monoisotopic (exact) mass is 630 g/mol. The summed E-state index contributed by atoms with van der Waals surface area (Å²) in [6.07, 6.45) is 0. The van der Waals surface area contributed by atoms with Crippen LogP contribution in [-0.2, 0) is 10.8 Å². The van der Waals surface area contributed by atoms with Crippen molar-refractivity contribution >= 4 is 21.8 Å². The Bertz CT molecular complexity index is 2570. The molecule has 8 aromatic rings. The van der Waals surface area contributed by atoms with Crippen LogP contribution in [0.1, 0.15) is 49.9 Å². The molecule has 0 atom stereocenters. The summed E-state index contributed by atoms with van der Waals surface area (Å²) in [5.74, 6) is 2.00. The smallest absolute Gasteiger partial charge is 0.164 e. The maximum absolute atomic E-state index is 4.95. The summed E-state index contributed by atoms with van der Waals surface area (Å²) >= 11 is 0. The summed E-state index contributed by atoms with van der Waals surface area (Å²) < 4.78 is 2.58. The molecule has 0 amide bonds. The number of para-hydroxylation sites is 2. The summed E-state index contributed by atoms with van der Waals surface area (Å²) in [6.45, 7) is 9.55. The molecule has 10 rings (SSSR count). The fraction of sp³-hybridized carbons (Fsp3) is 0.133. The Hall–Kier alpha value is -5.87. The van der Waals surface area contributed by atoms with Crippen LogP contribution in [0.4, 0.5) is 0 Å². The quantitative estimate of drug-likeness (QED) is 0.194. The Kier molecular flexibility index (Phi) is 5.65. The Balaban J connectivity index is 1.15. The Morgan fingerprint density at radius 2 is 0.857 bits per heavy atom. The highest BCUT2D eigenvalue weighted by atomic mass is 15.0. The third-order valence-electron chi connectivity index (χ3n) is 11.0. The van der Waals surface area contributed by atoms with Gasteiger partial charge in [0.15, 0.2) is 17.5 Å². The molecule has 0 radical (unpaired) electrons. The van der Waals surface area contributed by atoms with Crippen molar-refractivity contribution in [3.8, 4) is 51.0 Å². The number of nitrogens with zero attached hydrogens (tertiary/aromatic N) is 4. The third kappa shape index (κ3) is 3.89. The number of hydrogen-bond donors (Lipinski definition) is 0. The first-order valence-corrected chi connectivity index (χ1v) is 17.0. The van der Waals surface area contributed by atoms with Crippen molar-refractivity contribution in [3.05, 3.63) is 156 Å². The first kappa shape index (κ1) is 28.2. The van der Waals surface area contributed by atoms with Gasteiger partial charge in [-0.15, -0.1) is 0 Å². The Labute approximate surface area is 285 Å². The summed E-state index contributed by atoms with van der Waals surface area (Å²) in [5.41, 5.74) is 14.7. The van der Waals surface area contributed by atoms with Gasteiger partial charge in [-0.3, -0.25) is 0 Å². The molecule has 0 aliphatic carbocycles. The predicted octanol–water partition coefficient (Wildman–Crippen LogP) is 10.9. The van der Waals surface area contributed by atoms with Crippen LogP contribution >= 0.6 is 0 Å². The highest BCUT2D eigenvalue weighted by Crippen LogP contribution is 2.55. The standard InChI is InChI=1S/C45H34N4/c1-44(2)34-18-11-17-32-33-25-31(26-37-39(33)49(38(32)34)40-35(44)19-12-20-36(40)45(37,3)4)27-21-23-30(24-22-27)43-47-41(28-13-7-5-8-14-28)46-42(48-43)29-15-9-6-10-16-29/h5-26H,1-4H3. The summed E-state index contributed by atoms with van der Waals surface area (Å²) in [6, 6.07) is 47.6. The molecule has 4 heterocycles. The van der Waals surface area contributed by atoms with Crippen LogP contribution in [0.3, 0.4) is 0 Å². The lowest BCUT2D eigenvalue weighted by Gasteiger charge is -2.42. The van der Waals surface area contributed by atoms with Gasteiger partial charge in [0.1, 0.15) is 0 Å². The van der Waals surface area contributed by atoms with Crippen molar-refractivity contribution < 1.29 is 0 Å². The number of fused-ring (bicyclic) bond motifs is 1. The number of hydrogen-bond acceptors (Lipinski definition) is 3. The van der Waals surface area contributed by atoms with Crippen LogP contribution < -0.4 is 0 Å². The zero-order valence-corrected chi connectivity index (χ0v) is 28.0. The topological polar surface area (TPSA) is 43.6 Å². The van der Waals surface area contributed by atoms with Gasteiger partial charge in [0.05, 0.1) is 16.7 Å². The third-order valence-corrected chi connectivity index (χ3v) is 11.0. The van der Waals surface area contributed by atoms with E-state index in [4.69, 9.17) is 15.0 Å². The fourth-order valence-electron chi connectivity index (χ4n) is 8.40. The van der Waals surface area contributed by atoms with E-state index in [9.17, 15) is 0 Å². The molecular weight excluding hydrogens is 597 g/mol. The van der Waals surface area contributed by atoms with Gasteiger partial charge in [-0.05, 0) is 45.5 Å². The van der Waals surface area contributed by atoms with Gasteiger partial charge >= 0.3 is 0 Å². The molecule has 6 aromatic carbocycles. The van der Waals surface area contributed by atoms with Crippen molar-refractivity contribution in [2.75, 3.05) is 0 Å². The van der Waals surface area contributed by atoms with E-state index < -0.39 is 0 Å². The molecule has 2 aliphatic rings. The second-order valence-electron chi connectivity index (χ2n) is 14.5. The van der Waals surface area contributed by atoms with E-state index in [-0.39, 0.29) is 10.8 Å². The molecule has 0 fully saturated rings. The first-order chi connectivity index (χ1) is 23.8. The molecule has 0 bridgehead atoms. The van der Waals surface area contributed by atoms with E-state index in [0.717, 1.165) is 16.7 Å². The molecule has 234 valence electrons. The lowest BCUT2D eigenvalue weighted by Crippen LogP contribution is -2.33. The van der Waals surface area contributed by atoms with Crippen LogP contribution in [0.5, 0.6) is 0 Å². The van der Waals surface area contributed by atoms with Gasteiger partial charge < -0.3 is 4.57 Å². The Morgan fingerprint density at radius 1 is 0.388 bits per heavy atom. The number of rotatable bonds is 4. The van der Waals surface area contributed by atoms with E-state index in [1.54, 1.807) is 0 Å². The molecule has 49 heavy (non-hydrogen) atoms. The molecule has 0 spiro atoms. The maximum atomic E-state index is 4.95. The summed E-state index contributed by atoms with van der Waals surface area (Å²) in [7, 11) is 0. The largest absolute Gasteiger partial charge is 0.308 e. The SMILES string of the molecule is CC1(C)c2cccc3c2-n2c4c1cccc4c1cc(-c4ccc(-c5nc(-c6ccccc6)nc(-c6ccccc6)n5)cc4)cc(c12)C3(C)C. The first-order valence-electron chi connectivity index (χ1n) is 17.0. The molecule has 4 heteroatoms. The highest BCUT2D eigenvalue weighted by molar-refractivity contribution is 6.15. The van der Waals surface area contributed by atoms with Gasteiger partial charge in [0, 0.05) is 38.3 Å². The zero-order valence-electron chi connectivity index (χ0n) is 28.0. The van der Waals surface area contributed by atoms with E-state index in [1.165, 1.54) is 60.9 Å². The van der Waals surface area contributed by atoms with Crippen molar-refractivity contribution in [1.29, 1.82) is 0 Å². The molecule has 0 unspecified atom stereocenters. The molecule has 0 saturated carbocycles. The van der Waals surface area contributed by atoms with Gasteiger partial charge in [0.25, 0.3) is 0 Å². The van der Waals surface area contributed by atoms with Crippen molar-refractivity contribution in [1.82, 2.24) is 19.5 Å². The minimum Gasteiger partial charge on any atom is -0.308 e. The average Bonchev–Trinajstić information content (AvgIpc) is 3.48. The average molecular weight is 631 g/mol. The highest BCUT2D eigenvalue weighted by Gasteiger charge is 2.43.